The van der Waals surface area contributed by atoms with Gasteiger partial charge in [-0.1, -0.05) is 40.2 Å². The Balaban J connectivity index is 1.59. The van der Waals surface area contributed by atoms with Gasteiger partial charge >= 0.3 is 0 Å². The van der Waals surface area contributed by atoms with E-state index in [1.165, 1.54) is 4.90 Å². The van der Waals surface area contributed by atoms with Crippen molar-refractivity contribution < 1.29 is 19.0 Å². The Morgan fingerprint density at radius 3 is 2.55 bits per heavy atom. The topological polar surface area (TPSA) is 60.0 Å². The van der Waals surface area contributed by atoms with Crippen LogP contribution in [0.5, 0.6) is 17.2 Å². The van der Waals surface area contributed by atoms with Gasteiger partial charge in [-0.05, 0) is 66.3 Å². The fourth-order valence-corrected chi connectivity index (χ4v) is 4.12. The number of hydrogen-bond donors (Lipinski definition) is 1. The molecule has 1 N–H and O–H groups in total. The Kier molecular flexibility index (Phi) is 6.96. The van der Waals surface area contributed by atoms with E-state index in [1.807, 2.05) is 54.6 Å². The number of amides is 1. The lowest BCUT2D eigenvalue weighted by Crippen LogP contribution is -2.30. The molecule has 4 rings (SSSR count). The standard InChI is InChI=1S/C25H21BrN2O4S/c1-30-22-11-10-16(12-17(22)15-32-19-7-5-6-18(26)14-19)13-20-24(29)28(25(33)27-20)21-8-3-4-9-23(21)31-2/h3-14H,15H2,1-2H3,(H,27,33)/b20-13+. The van der Waals surface area contributed by atoms with Gasteiger partial charge in [0, 0.05) is 10.0 Å². The second kappa shape index (κ2) is 10.1. The maximum Gasteiger partial charge on any atom is 0.281 e. The molecule has 3 aromatic carbocycles. The molecule has 6 nitrogen and oxygen atoms in total. The number of methoxy groups -OCH3 is 2. The van der Waals surface area contributed by atoms with Crippen molar-refractivity contribution in [2.45, 2.75) is 6.61 Å². The molecule has 8 heteroatoms. The van der Waals surface area contributed by atoms with E-state index >= 15 is 0 Å². The molecule has 0 spiro atoms. The molecule has 33 heavy (non-hydrogen) atoms. The number of ether oxygens (including phenoxy) is 3. The predicted octanol–water partition coefficient (Wildman–Crippen LogP) is 5.31. The van der Waals surface area contributed by atoms with Crippen molar-refractivity contribution in [1.82, 2.24) is 5.32 Å². The van der Waals surface area contributed by atoms with Crippen molar-refractivity contribution in [2.75, 3.05) is 19.1 Å². The SMILES string of the molecule is COc1ccc(/C=C2/NC(=S)N(c3ccccc3OC)C2=O)cc1COc1cccc(Br)c1. The molecule has 3 aromatic rings. The number of hydrogen-bond acceptors (Lipinski definition) is 5. The molecular weight excluding hydrogens is 504 g/mol. The van der Waals surface area contributed by atoms with Crippen LogP contribution >= 0.6 is 28.1 Å². The first kappa shape index (κ1) is 22.8. The van der Waals surface area contributed by atoms with Gasteiger partial charge in [-0.2, -0.15) is 0 Å². The third-order valence-electron chi connectivity index (χ3n) is 5.01. The van der Waals surface area contributed by atoms with Gasteiger partial charge in [-0.25, -0.2) is 4.90 Å². The molecule has 0 unspecified atom stereocenters. The Bertz CT molecular complexity index is 1240. The molecule has 1 amide bonds. The largest absolute Gasteiger partial charge is 0.496 e. The lowest BCUT2D eigenvalue weighted by molar-refractivity contribution is -0.113. The van der Waals surface area contributed by atoms with Crippen molar-refractivity contribution >= 4 is 50.9 Å². The number of anilines is 1. The number of nitrogens with zero attached hydrogens (tertiary/aromatic N) is 1. The van der Waals surface area contributed by atoms with Crippen LogP contribution < -0.4 is 24.4 Å². The zero-order valence-electron chi connectivity index (χ0n) is 18.0. The summed E-state index contributed by atoms with van der Waals surface area (Å²) in [5.74, 6) is 1.74. The highest BCUT2D eigenvalue weighted by atomic mass is 79.9. The van der Waals surface area contributed by atoms with Gasteiger partial charge in [0.05, 0.1) is 19.9 Å². The van der Waals surface area contributed by atoms with E-state index < -0.39 is 0 Å². The highest BCUT2D eigenvalue weighted by molar-refractivity contribution is 9.10. The summed E-state index contributed by atoms with van der Waals surface area (Å²) in [6, 6.07) is 20.5. The number of benzene rings is 3. The lowest BCUT2D eigenvalue weighted by Gasteiger charge is -2.17. The molecule has 1 heterocycles. The molecule has 0 aliphatic carbocycles. The number of nitrogens with one attached hydrogen (secondary N) is 1. The van der Waals surface area contributed by atoms with Crippen LogP contribution in [0.15, 0.2) is 76.9 Å². The average molecular weight is 525 g/mol. The van der Waals surface area contributed by atoms with Gasteiger partial charge in [0.15, 0.2) is 5.11 Å². The Labute approximate surface area is 205 Å². The summed E-state index contributed by atoms with van der Waals surface area (Å²) in [7, 11) is 3.17. The van der Waals surface area contributed by atoms with Crippen molar-refractivity contribution in [3.05, 3.63) is 88.0 Å². The van der Waals surface area contributed by atoms with Crippen molar-refractivity contribution in [1.29, 1.82) is 0 Å². The number of para-hydroxylation sites is 2. The lowest BCUT2D eigenvalue weighted by atomic mass is 10.1. The fourth-order valence-electron chi connectivity index (χ4n) is 3.45. The van der Waals surface area contributed by atoms with E-state index in [9.17, 15) is 4.79 Å². The third-order valence-corrected chi connectivity index (χ3v) is 5.79. The van der Waals surface area contributed by atoms with Gasteiger partial charge in [0.25, 0.3) is 5.91 Å². The van der Waals surface area contributed by atoms with Gasteiger partial charge < -0.3 is 19.5 Å². The Morgan fingerprint density at radius 2 is 1.79 bits per heavy atom. The second-order valence-corrected chi connectivity index (χ2v) is 8.42. The summed E-state index contributed by atoms with van der Waals surface area (Å²) < 4.78 is 17.7. The molecule has 0 radical (unpaired) electrons. The Hall–Kier alpha value is -3.36. The van der Waals surface area contributed by atoms with E-state index in [1.54, 1.807) is 32.4 Å². The van der Waals surface area contributed by atoms with Crippen LogP contribution in [0.3, 0.4) is 0 Å². The summed E-state index contributed by atoms with van der Waals surface area (Å²) in [4.78, 5) is 14.6. The van der Waals surface area contributed by atoms with Crippen molar-refractivity contribution in [3.63, 3.8) is 0 Å². The molecule has 0 saturated carbocycles. The van der Waals surface area contributed by atoms with E-state index in [0.717, 1.165) is 21.3 Å². The van der Waals surface area contributed by atoms with Crippen LogP contribution in [0, 0.1) is 0 Å². The van der Waals surface area contributed by atoms with Crippen LogP contribution in [-0.2, 0) is 11.4 Å². The number of carbonyl (C=O) groups excluding carboxylic acids is 1. The maximum absolute atomic E-state index is 13.1. The monoisotopic (exact) mass is 524 g/mol. The van der Waals surface area contributed by atoms with Crippen LogP contribution in [0.1, 0.15) is 11.1 Å². The number of carbonyl (C=O) groups is 1. The highest BCUT2D eigenvalue weighted by Crippen LogP contribution is 2.32. The fraction of sp³-hybridized carbons (Fsp3) is 0.120. The van der Waals surface area contributed by atoms with E-state index in [4.69, 9.17) is 26.4 Å². The van der Waals surface area contributed by atoms with Crippen LogP contribution in [0.25, 0.3) is 6.08 Å². The first-order valence-corrected chi connectivity index (χ1v) is 11.3. The predicted molar refractivity (Wildman–Crippen MR) is 136 cm³/mol. The van der Waals surface area contributed by atoms with E-state index in [2.05, 4.69) is 21.2 Å². The van der Waals surface area contributed by atoms with E-state index in [0.29, 0.717) is 34.6 Å². The van der Waals surface area contributed by atoms with Gasteiger partial charge in [0.2, 0.25) is 0 Å². The normalized spacial score (nSPS) is 14.4. The maximum atomic E-state index is 13.1. The van der Waals surface area contributed by atoms with E-state index in [-0.39, 0.29) is 5.91 Å². The first-order valence-electron chi connectivity index (χ1n) is 10.1. The van der Waals surface area contributed by atoms with Gasteiger partial charge in [-0.3, -0.25) is 4.79 Å². The molecule has 1 fully saturated rings. The zero-order valence-corrected chi connectivity index (χ0v) is 20.4. The first-order chi connectivity index (χ1) is 16.0. The number of rotatable bonds is 7. The summed E-state index contributed by atoms with van der Waals surface area (Å²) in [6.45, 7) is 0.309. The minimum Gasteiger partial charge on any atom is -0.496 e. The summed E-state index contributed by atoms with van der Waals surface area (Å²) >= 11 is 8.87. The van der Waals surface area contributed by atoms with Crippen LogP contribution in [-0.4, -0.2) is 25.2 Å². The summed E-state index contributed by atoms with van der Waals surface area (Å²) in [6.07, 6.45) is 1.76. The second-order valence-electron chi connectivity index (χ2n) is 7.12. The zero-order chi connectivity index (χ0) is 23.4. The Morgan fingerprint density at radius 1 is 1.00 bits per heavy atom. The molecule has 0 bridgehead atoms. The number of halogens is 1. The smallest absolute Gasteiger partial charge is 0.281 e. The number of thiocarbonyl (C=S) groups is 1. The molecule has 0 aromatic heterocycles. The molecule has 1 aliphatic rings. The van der Waals surface area contributed by atoms with Crippen molar-refractivity contribution in [3.8, 4) is 17.2 Å². The van der Waals surface area contributed by atoms with Crippen LogP contribution in [0.2, 0.25) is 0 Å². The molecule has 1 saturated heterocycles. The third kappa shape index (κ3) is 5.02. The van der Waals surface area contributed by atoms with Gasteiger partial charge in [0.1, 0.15) is 29.6 Å². The highest BCUT2D eigenvalue weighted by Gasteiger charge is 2.33. The molecule has 1 aliphatic heterocycles. The minimum atomic E-state index is -0.257. The molecule has 168 valence electrons. The van der Waals surface area contributed by atoms with Crippen LogP contribution in [0.4, 0.5) is 5.69 Å². The summed E-state index contributed by atoms with van der Waals surface area (Å²) in [5, 5.41) is 3.30. The van der Waals surface area contributed by atoms with Gasteiger partial charge in [-0.15, -0.1) is 0 Å². The molecule has 0 atom stereocenters. The van der Waals surface area contributed by atoms with Crippen molar-refractivity contribution in [2.24, 2.45) is 0 Å². The quantitative estimate of drug-likeness (QED) is 0.334. The minimum absolute atomic E-state index is 0.257. The molecular formula is C25H21BrN2O4S. The summed E-state index contributed by atoms with van der Waals surface area (Å²) in [5.41, 5.74) is 2.62. The average Bonchev–Trinajstić information content (AvgIpc) is 3.10.